The van der Waals surface area contributed by atoms with E-state index in [-0.39, 0.29) is 24.1 Å². The van der Waals surface area contributed by atoms with Crippen LogP contribution in [0.3, 0.4) is 0 Å². The molecule has 0 radical (unpaired) electrons. The molecule has 1 atom stereocenters. The van der Waals surface area contributed by atoms with E-state index in [0.29, 0.717) is 13.0 Å². The summed E-state index contributed by atoms with van der Waals surface area (Å²) in [6.45, 7) is 2.80. The zero-order chi connectivity index (χ0) is 14.3. The molecule has 1 rings (SSSR count). The van der Waals surface area contributed by atoms with Crippen molar-refractivity contribution in [2.75, 3.05) is 24.6 Å². The summed E-state index contributed by atoms with van der Waals surface area (Å²) in [7, 11) is -2.95. The van der Waals surface area contributed by atoms with Gasteiger partial charge in [0.1, 0.15) is 0 Å². The zero-order valence-electron chi connectivity index (χ0n) is 11.7. The van der Waals surface area contributed by atoms with Crippen LogP contribution >= 0.6 is 0 Å². The second-order valence-electron chi connectivity index (χ2n) is 5.34. The van der Waals surface area contributed by atoms with E-state index in [1.807, 2.05) is 4.90 Å². The fourth-order valence-corrected chi connectivity index (χ4v) is 4.31. The molecule has 1 aliphatic rings. The van der Waals surface area contributed by atoms with Crippen molar-refractivity contribution in [2.45, 2.75) is 51.5 Å². The van der Waals surface area contributed by atoms with Crippen LogP contribution in [0.1, 0.15) is 45.4 Å². The van der Waals surface area contributed by atoms with E-state index in [1.54, 1.807) is 0 Å². The summed E-state index contributed by atoms with van der Waals surface area (Å²) in [6, 6.07) is -0.104. The highest BCUT2D eigenvalue weighted by Gasteiger charge is 2.32. The lowest BCUT2D eigenvalue weighted by Gasteiger charge is -2.26. The van der Waals surface area contributed by atoms with Crippen LogP contribution in [0.5, 0.6) is 0 Å². The van der Waals surface area contributed by atoms with Crippen molar-refractivity contribution in [1.82, 2.24) is 4.90 Å². The van der Waals surface area contributed by atoms with Crippen molar-refractivity contribution in [1.29, 1.82) is 0 Å². The lowest BCUT2D eigenvalue weighted by atomic mass is 10.1. The Labute approximate surface area is 115 Å². The van der Waals surface area contributed by atoms with Gasteiger partial charge in [-0.15, -0.1) is 0 Å². The van der Waals surface area contributed by atoms with Crippen LogP contribution in [0.15, 0.2) is 0 Å². The summed E-state index contributed by atoms with van der Waals surface area (Å²) >= 11 is 0. The van der Waals surface area contributed by atoms with Gasteiger partial charge in [-0.05, 0) is 19.4 Å². The Kier molecular flexibility index (Phi) is 6.79. The molecule has 0 aromatic rings. The lowest BCUT2D eigenvalue weighted by Crippen LogP contribution is -2.40. The van der Waals surface area contributed by atoms with Gasteiger partial charge in [0.05, 0.1) is 18.1 Å². The molecule has 0 aromatic heterocycles. The van der Waals surface area contributed by atoms with Crippen molar-refractivity contribution in [3.8, 4) is 0 Å². The van der Waals surface area contributed by atoms with Crippen molar-refractivity contribution >= 4 is 15.8 Å². The smallest absolute Gasteiger partial charge is 0.317 e. The summed E-state index contributed by atoms with van der Waals surface area (Å²) in [5, 5.41) is 8.92. The van der Waals surface area contributed by atoms with Gasteiger partial charge in [-0.25, -0.2) is 8.42 Å². The fourth-order valence-electron chi connectivity index (χ4n) is 2.55. The summed E-state index contributed by atoms with van der Waals surface area (Å²) in [4.78, 5) is 12.7. The number of hydrogen-bond acceptors (Lipinski definition) is 4. The Morgan fingerprint density at radius 3 is 2.47 bits per heavy atom. The monoisotopic (exact) mass is 291 g/mol. The molecule has 0 saturated carbocycles. The number of carboxylic acids is 1. The predicted molar refractivity (Wildman–Crippen MR) is 75.0 cm³/mol. The average Bonchev–Trinajstić information content (AvgIpc) is 2.67. The Balaban J connectivity index is 2.41. The van der Waals surface area contributed by atoms with Gasteiger partial charge < -0.3 is 5.11 Å². The SMILES string of the molecule is CCCCCCCN(CC(=O)O)C1CCS(=O)(=O)C1. The molecule has 1 saturated heterocycles. The number of rotatable bonds is 9. The van der Waals surface area contributed by atoms with Crippen LogP contribution in [-0.2, 0) is 14.6 Å². The summed E-state index contributed by atoms with van der Waals surface area (Å²) in [6.07, 6.45) is 6.16. The molecule has 1 aliphatic heterocycles. The highest BCUT2D eigenvalue weighted by Crippen LogP contribution is 2.18. The zero-order valence-corrected chi connectivity index (χ0v) is 12.5. The molecule has 5 nitrogen and oxygen atoms in total. The molecule has 6 heteroatoms. The van der Waals surface area contributed by atoms with Gasteiger partial charge >= 0.3 is 5.97 Å². The van der Waals surface area contributed by atoms with Crippen LogP contribution in [0, 0.1) is 0 Å². The van der Waals surface area contributed by atoms with Crippen molar-refractivity contribution in [2.24, 2.45) is 0 Å². The first-order valence-electron chi connectivity index (χ1n) is 7.11. The number of aliphatic carboxylic acids is 1. The number of unbranched alkanes of at least 4 members (excludes halogenated alkanes) is 4. The first kappa shape index (κ1) is 16.4. The first-order valence-corrected chi connectivity index (χ1v) is 8.93. The topological polar surface area (TPSA) is 74.7 Å². The Morgan fingerprint density at radius 2 is 1.95 bits per heavy atom. The fraction of sp³-hybridized carbons (Fsp3) is 0.923. The number of nitrogens with zero attached hydrogens (tertiary/aromatic N) is 1. The Hall–Kier alpha value is -0.620. The molecule has 1 unspecified atom stereocenters. The van der Waals surface area contributed by atoms with Crippen LogP contribution in [-0.4, -0.2) is 55.0 Å². The number of carbonyl (C=O) groups is 1. The maximum absolute atomic E-state index is 11.5. The minimum atomic E-state index is -2.95. The number of sulfone groups is 1. The third kappa shape index (κ3) is 6.38. The van der Waals surface area contributed by atoms with Crippen LogP contribution in [0.4, 0.5) is 0 Å². The van der Waals surface area contributed by atoms with Gasteiger partial charge in [0, 0.05) is 6.04 Å². The van der Waals surface area contributed by atoms with Gasteiger partial charge in [0.15, 0.2) is 9.84 Å². The molecule has 0 spiro atoms. The van der Waals surface area contributed by atoms with Crippen LogP contribution in [0.25, 0.3) is 0 Å². The van der Waals surface area contributed by atoms with Gasteiger partial charge in [-0.2, -0.15) is 0 Å². The van der Waals surface area contributed by atoms with E-state index >= 15 is 0 Å². The Bertz CT molecular complexity index is 380. The molecule has 1 heterocycles. The van der Waals surface area contributed by atoms with Crippen molar-refractivity contribution < 1.29 is 18.3 Å². The normalized spacial score (nSPS) is 21.9. The second kappa shape index (κ2) is 7.85. The molecule has 19 heavy (non-hydrogen) atoms. The van der Waals surface area contributed by atoms with E-state index in [0.717, 1.165) is 12.8 Å². The van der Waals surface area contributed by atoms with E-state index in [9.17, 15) is 13.2 Å². The van der Waals surface area contributed by atoms with E-state index < -0.39 is 15.8 Å². The number of carboxylic acid groups (broad SMARTS) is 1. The molecule has 0 amide bonds. The quantitative estimate of drug-likeness (QED) is 0.652. The average molecular weight is 291 g/mol. The Morgan fingerprint density at radius 1 is 1.26 bits per heavy atom. The first-order chi connectivity index (χ1) is 8.94. The summed E-state index contributed by atoms with van der Waals surface area (Å²) in [5.41, 5.74) is 0. The molecular weight excluding hydrogens is 266 g/mol. The van der Waals surface area contributed by atoms with E-state index in [1.165, 1.54) is 19.3 Å². The van der Waals surface area contributed by atoms with Gasteiger partial charge in [0.2, 0.25) is 0 Å². The maximum atomic E-state index is 11.5. The van der Waals surface area contributed by atoms with Crippen LogP contribution < -0.4 is 0 Å². The van der Waals surface area contributed by atoms with E-state index in [4.69, 9.17) is 5.11 Å². The standard InChI is InChI=1S/C13H25NO4S/c1-2-3-4-5-6-8-14(10-13(15)16)12-7-9-19(17,18)11-12/h12H,2-11H2,1H3,(H,15,16). The molecule has 112 valence electrons. The molecule has 0 aromatic carbocycles. The molecule has 0 bridgehead atoms. The summed E-state index contributed by atoms with van der Waals surface area (Å²) < 4.78 is 22.9. The van der Waals surface area contributed by atoms with Crippen molar-refractivity contribution in [3.63, 3.8) is 0 Å². The second-order valence-corrected chi connectivity index (χ2v) is 7.56. The van der Waals surface area contributed by atoms with E-state index in [2.05, 4.69) is 6.92 Å². The third-order valence-electron chi connectivity index (χ3n) is 3.61. The van der Waals surface area contributed by atoms with Crippen LogP contribution in [0.2, 0.25) is 0 Å². The van der Waals surface area contributed by atoms with Crippen molar-refractivity contribution in [3.05, 3.63) is 0 Å². The highest BCUT2D eigenvalue weighted by molar-refractivity contribution is 7.91. The summed E-state index contributed by atoms with van der Waals surface area (Å²) in [5.74, 6) is -0.559. The minimum absolute atomic E-state index is 0.0477. The third-order valence-corrected chi connectivity index (χ3v) is 5.36. The van der Waals surface area contributed by atoms with Gasteiger partial charge in [0.25, 0.3) is 0 Å². The molecular formula is C13H25NO4S. The van der Waals surface area contributed by atoms with Gasteiger partial charge in [-0.3, -0.25) is 9.69 Å². The number of hydrogen-bond donors (Lipinski definition) is 1. The molecule has 1 fully saturated rings. The molecule has 0 aliphatic carbocycles. The minimum Gasteiger partial charge on any atom is -0.480 e. The highest BCUT2D eigenvalue weighted by atomic mass is 32.2. The molecule has 1 N–H and O–H groups in total. The largest absolute Gasteiger partial charge is 0.480 e. The maximum Gasteiger partial charge on any atom is 0.317 e. The predicted octanol–water partition coefficient (Wildman–Crippen LogP) is 1.53. The lowest BCUT2D eigenvalue weighted by molar-refractivity contribution is -0.138. The van der Waals surface area contributed by atoms with Gasteiger partial charge in [-0.1, -0.05) is 32.6 Å².